The molecule has 0 fully saturated rings. The third-order valence-electron chi connectivity index (χ3n) is 1.88. The minimum atomic E-state index is -0.291. The van der Waals surface area contributed by atoms with Crippen molar-refractivity contribution >= 4 is 23.6 Å². The summed E-state index contributed by atoms with van der Waals surface area (Å²) >= 11 is 5.77. The van der Waals surface area contributed by atoms with Crippen LogP contribution in [-0.4, -0.2) is 17.7 Å². The molecule has 1 aromatic rings. The Morgan fingerprint density at radius 3 is 3.00 bits per heavy atom. The van der Waals surface area contributed by atoms with Crippen LogP contribution in [-0.2, 0) is 9.53 Å². The summed E-state index contributed by atoms with van der Waals surface area (Å²) in [4.78, 5) is 11.0. The number of rotatable bonds is 4. The molecule has 0 amide bonds. The monoisotopic (exact) mass is 240 g/mol. The summed E-state index contributed by atoms with van der Waals surface area (Å²) in [6.45, 7) is 2.12. The maximum atomic E-state index is 11.0. The molecule has 0 aliphatic heterocycles. The van der Waals surface area contributed by atoms with Gasteiger partial charge in [-0.15, -0.1) is 0 Å². The predicted molar refractivity (Wildman–Crippen MR) is 63.4 cm³/mol. The number of phenols is 1. The van der Waals surface area contributed by atoms with Crippen molar-refractivity contribution in [2.75, 3.05) is 6.61 Å². The Morgan fingerprint density at radius 1 is 1.56 bits per heavy atom. The van der Waals surface area contributed by atoms with Crippen molar-refractivity contribution in [3.05, 3.63) is 34.9 Å². The molecule has 1 rings (SSSR count). The van der Waals surface area contributed by atoms with E-state index in [4.69, 9.17) is 16.3 Å². The minimum absolute atomic E-state index is 0.129. The molecule has 0 unspecified atom stereocenters. The Kier molecular flexibility index (Phi) is 4.86. The third kappa shape index (κ3) is 3.95. The van der Waals surface area contributed by atoms with Gasteiger partial charge in [-0.3, -0.25) is 4.79 Å². The second-order valence-electron chi connectivity index (χ2n) is 3.11. The molecule has 0 aliphatic rings. The quantitative estimate of drug-likeness (QED) is 0.823. The van der Waals surface area contributed by atoms with E-state index in [1.54, 1.807) is 31.2 Å². The van der Waals surface area contributed by atoms with E-state index in [1.165, 1.54) is 6.07 Å². The van der Waals surface area contributed by atoms with Gasteiger partial charge in [0.05, 0.1) is 13.0 Å². The molecule has 4 heteroatoms. The first-order valence-corrected chi connectivity index (χ1v) is 5.32. The zero-order valence-electron chi connectivity index (χ0n) is 8.94. The van der Waals surface area contributed by atoms with Gasteiger partial charge in [0, 0.05) is 10.6 Å². The van der Waals surface area contributed by atoms with Gasteiger partial charge in [-0.25, -0.2) is 0 Å². The van der Waals surface area contributed by atoms with E-state index in [2.05, 4.69) is 0 Å². The average Bonchev–Trinajstić information content (AvgIpc) is 2.23. The zero-order chi connectivity index (χ0) is 12.0. The van der Waals surface area contributed by atoms with Crippen molar-refractivity contribution in [3.63, 3.8) is 0 Å². The lowest BCUT2D eigenvalue weighted by Crippen LogP contribution is -2.01. The van der Waals surface area contributed by atoms with Crippen LogP contribution in [0.1, 0.15) is 18.9 Å². The lowest BCUT2D eigenvalue weighted by atomic mass is 10.2. The first kappa shape index (κ1) is 12.6. The summed E-state index contributed by atoms with van der Waals surface area (Å²) in [5.74, 6) is -0.162. The van der Waals surface area contributed by atoms with E-state index >= 15 is 0 Å². The normalized spacial score (nSPS) is 10.6. The van der Waals surface area contributed by atoms with Crippen LogP contribution in [0.5, 0.6) is 5.75 Å². The van der Waals surface area contributed by atoms with Gasteiger partial charge in [0.1, 0.15) is 5.75 Å². The van der Waals surface area contributed by atoms with Gasteiger partial charge in [-0.2, -0.15) is 0 Å². The predicted octanol–water partition coefficient (Wildman–Crippen LogP) is 3.01. The molecule has 0 heterocycles. The number of carbonyl (C=O) groups is 1. The number of aromatic hydroxyl groups is 1. The second kappa shape index (κ2) is 6.18. The SMILES string of the molecule is CCOC(=O)CC=Cc1cc(Cl)ccc1O. The molecule has 16 heavy (non-hydrogen) atoms. The second-order valence-corrected chi connectivity index (χ2v) is 3.55. The molecule has 1 aromatic carbocycles. The van der Waals surface area contributed by atoms with Crippen molar-refractivity contribution in [3.8, 4) is 5.75 Å². The summed E-state index contributed by atoms with van der Waals surface area (Å²) in [5, 5.41) is 10.0. The fourth-order valence-electron chi connectivity index (χ4n) is 1.16. The standard InChI is InChI=1S/C12H13ClO3/c1-2-16-12(15)5-3-4-9-8-10(13)6-7-11(9)14/h3-4,6-8,14H,2,5H2,1H3. The van der Waals surface area contributed by atoms with Gasteiger partial charge in [-0.1, -0.05) is 23.8 Å². The van der Waals surface area contributed by atoms with E-state index in [1.807, 2.05) is 0 Å². The zero-order valence-corrected chi connectivity index (χ0v) is 9.70. The van der Waals surface area contributed by atoms with Crippen LogP contribution in [0.3, 0.4) is 0 Å². The molecule has 0 saturated carbocycles. The van der Waals surface area contributed by atoms with Gasteiger partial charge >= 0.3 is 5.97 Å². The molecule has 3 nitrogen and oxygen atoms in total. The largest absolute Gasteiger partial charge is 0.507 e. The van der Waals surface area contributed by atoms with Crippen molar-refractivity contribution < 1.29 is 14.6 Å². The smallest absolute Gasteiger partial charge is 0.309 e. The van der Waals surface area contributed by atoms with E-state index in [0.717, 1.165) is 0 Å². The van der Waals surface area contributed by atoms with Gasteiger partial charge in [0.25, 0.3) is 0 Å². The first-order valence-electron chi connectivity index (χ1n) is 4.94. The number of benzene rings is 1. The van der Waals surface area contributed by atoms with Crippen molar-refractivity contribution in [1.29, 1.82) is 0 Å². The summed E-state index contributed by atoms with van der Waals surface area (Å²) in [5.41, 5.74) is 0.580. The van der Waals surface area contributed by atoms with E-state index in [0.29, 0.717) is 17.2 Å². The van der Waals surface area contributed by atoms with Crippen molar-refractivity contribution in [1.82, 2.24) is 0 Å². The Morgan fingerprint density at radius 2 is 2.31 bits per heavy atom. The van der Waals surface area contributed by atoms with Crippen LogP contribution in [0.15, 0.2) is 24.3 Å². The molecular weight excluding hydrogens is 228 g/mol. The number of hydrogen-bond donors (Lipinski definition) is 1. The number of phenolic OH excluding ortho intramolecular Hbond substituents is 1. The Bertz CT molecular complexity index is 399. The Hall–Kier alpha value is -1.48. The lowest BCUT2D eigenvalue weighted by molar-refractivity contribution is -0.142. The highest BCUT2D eigenvalue weighted by atomic mass is 35.5. The molecule has 0 aliphatic carbocycles. The molecule has 0 saturated heterocycles. The topological polar surface area (TPSA) is 46.5 Å². The van der Waals surface area contributed by atoms with Crippen molar-refractivity contribution in [2.45, 2.75) is 13.3 Å². The van der Waals surface area contributed by atoms with E-state index < -0.39 is 0 Å². The maximum Gasteiger partial charge on any atom is 0.309 e. The number of halogens is 1. The molecular formula is C12H13ClO3. The number of carbonyl (C=O) groups excluding carboxylic acids is 1. The van der Waals surface area contributed by atoms with Crippen LogP contribution in [0.25, 0.3) is 6.08 Å². The molecule has 0 bridgehead atoms. The number of hydrogen-bond acceptors (Lipinski definition) is 3. The highest BCUT2D eigenvalue weighted by Gasteiger charge is 1.99. The fourth-order valence-corrected chi connectivity index (χ4v) is 1.34. The van der Waals surface area contributed by atoms with Crippen LogP contribution in [0, 0.1) is 0 Å². The minimum Gasteiger partial charge on any atom is -0.507 e. The highest BCUT2D eigenvalue weighted by molar-refractivity contribution is 6.30. The molecule has 0 spiro atoms. The number of ether oxygens (including phenoxy) is 1. The maximum absolute atomic E-state index is 11.0. The van der Waals surface area contributed by atoms with Gasteiger partial charge < -0.3 is 9.84 Å². The molecule has 0 radical (unpaired) electrons. The summed E-state index contributed by atoms with van der Waals surface area (Å²) < 4.78 is 4.76. The van der Waals surface area contributed by atoms with Crippen LogP contribution >= 0.6 is 11.6 Å². The van der Waals surface area contributed by atoms with Crippen molar-refractivity contribution in [2.24, 2.45) is 0 Å². The Labute approximate surface area is 99.3 Å². The molecule has 86 valence electrons. The summed E-state index contributed by atoms with van der Waals surface area (Å²) in [7, 11) is 0. The molecule has 1 N–H and O–H groups in total. The van der Waals surface area contributed by atoms with E-state index in [-0.39, 0.29) is 18.1 Å². The highest BCUT2D eigenvalue weighted by Crippen LogP contribution is 2.22. The van der Waals surface area contributed by atoms with Gasteiger partial charge in [0.2, 0.25) is 0 Å². The molecule has 0 atom stereocenters. The average molecular weight is 241 g/mol. The number of esters is 1. The Balaban J connectivity index is 2.62. The van der Waals surface area contributed by atoms with Crippen LogP contribution in [0.4, 0.5) is 0 Å². The fraction of sp³-hybridized carbons (Fsp3) is 0.250. The first-order chi connectivity index (χ1) is 7.63. The third-order valence-corrected chi connectivity index (χ3v) is 2.11. The molecule has 0 aromatic heterocycles. The van der Waals surface area contributed by atoms with Gasteiger partial charge in [-0.05, 0) is 25.1 Å². The van der Waals surface area contributed by atoms with E-state index in [9.17, 15) is 9.90 Å². The van der Waals surface area contributed by atoms with Crippen LogP contribution < -0.4 is 0 Å². The van der Waals surface area contributed by atoms with Gasteiger partial charge in [0.15, 0.2) is 0 Å². The lowest BCUT2D eigenvalue weighted by Gasteiger charge is -2.00. The summed E-state index contributed by atoms with van der Waals surface area (Å²) in [6, 6.07) is 4.73. The summed E-state index contributed by atoms with van der Waals surface area (Å²) in [6.07, 6.45) is 3.45. The van der Waals surface area contributed by atoms with Crippen LogP contribution in [0.2, 0.25) is 5.02 Å².